The number of fused-ring (bicyclic) bond motifs is 3. The molecule has 0 amide bonds. The van der Waals surface area contributed by atoms with Crippen molar-refractivity contribution in [1.29, 1.82) is 0 Å². The van der Waals surface area contributed by atoms with Crippen molar-refractivity contribution in [3.63, 3.8) is 0 Å². The summed E-state index contributed by atoms with van der Waals surface area (Å²) in [6, 6.07) is 0. The number of hydrogen-bond acceptors (Lipinski definition) is 0. The van der Waals surface area contributed by atoms with E-state index < -0.39 is 0 Å². The second-order valence-corrected chi connectivity index (χ2v) is 3.79. The van der Waals surface area contributed by atoms with Crippen LogP contribution >= 0.6 is 0 Å². The van der Waals surface area contributed by atoms with Crippen molar-refractivity contribution in [2.45, 2.75) is 32.1 Å². The smallest absolute Gasteiger partial charge is 0.0231 e. The van der Waals surface area contributed by atoms with Gasteiger partial charge in [-0.3, -0.25) is 0 Å². The van der Waals surface area contributed by atoms with E-state index in [1.54, 1.807) is 0 Å². The molecule has 0 aromatic rings. The topological polar surface area (TPSA) is 0 Å². The van der Waals surface area contributed by atoms with Crippen LogP contribution in [0.25, 0.3) is 0 Å². The van der Waals surface area contributed by atoms with Gasteiger partial charge in [0.15, 0.2) is 0 Å². The van der Waals surface area contributed by atoms with Crippen LogP contribution in [0.15, 0.2) is 0 Å². The SMILES string of the molecule is C#CC1CC2CCC1CC2. The van der Waals surface area contributed by atoms with Crippen molar-refractivity contribution in [3.05, 3.63) is 0 Å². The van der Waals surface area contributed by atoms with Crippen molar-refractivity contribution in [2.24, 2.45) is 17.8 Å². The summed E-state index contributed by atoms with van der Waals surface area (Å²) in [4.78, 5) is 0. The quantitative estimate of drug-likeness (QED) is 0.446. The van der Waals surface area contributed by atoms with Crippen molar-refractivity contribution >= 4 is 0 Å². The Hall–Kier alpha value is -0.440. The predicted octanol–water partition coefficient (Wildman–Crippen LogP) is 2.45. The van der Waals surface area contributed by atoms with Gasteiger partial charge >= 0.3 is 0 Å². The van der Waals surface area contributed by atoms with Crippen LogP contribution in [-0.4, -0.2) is 0 Å². The second kappa shape index (κ2) is 2.31. The van der Waals surface area contributed by atoms with Crippen LogP contribution in [-0.2, 0) is 0 Å². The van der Waals surface area contributed by atoms with Crippen LogP contribution < -0.4 is 0 Å². The van der Waals surface area contributed by atoms with Gasteiger partial charge in [0.05, 0.1) is 0 Å². The Morgan fingerprint density at radius 2 is 1.80 bits per heavy atom. The fraction of sp³-hybridized carbons (Fsp3) is 0.800. The number of rotatable bonds is 0. The molecule has 0 N–H and O–H groups in total. The van der Waals surface area contributed by atoms with E-state index in [-0.39, 0.29) is 0 Å². The minimum absolute atomic E-state index is 0.646. The predicted molar refractivity (Wildman–Crippen MR) is 42.4 cm³/mol. The average molecular weight is 134 g/mol. The van der Waals surface area contributed by atoms with E-state index in [0.29, 0.717) is 5.92 Å². The molecule has 0 aromatic carbocycles. The van der Waals surface area contributed by atoms with Gasteiger partial charge in [-0.05, 0) is 31.1 Å². The highest BCUT2D eigenvalue weighted by molar-refractivity contribution is 5.01. The molecular weight excluding hydrogens is 120 g/mol. The molecule has 3 rings (SSSR count). The summed E-state index contributed by atoms with van der Waals surface area (Å²) in [5.41, 5.74) is 0. The van der Waals surface area contributed by atoms with E-state index in [1.807, 2.05) is 0 Å². The molecular formula is C10H14. The summed E-state index contributed by atoms with van der Waals surface area (Å²) in [5, 5.41) is 0. The third-order valence-corrected chi connectivity index (χ3v) is 3.26. The van der Waals surface area contributed by atoms with Crippen molar-refractivity contribution in [3.8, 4) is 12.3 Å². The van der Waals surface area contributed by atoms with Gasteiger partial charge in [0.1, 0.15) is 0 Å². The van der Waals surface area contributed by atoms with Crippen LogP contribution in [0.4, 0.5) is 0 Å². The normalized spacial score (nSPS) is 44.9. The first-order chi connectivity index (χ1) is 4.90. The maximum atomic E-state index is 5.44. The van der Waals surface area contributed by atoms with Gasteiger partial charge in [-0.25, -0.2) is 0 Å². The van der Waals surface area contributed by atoms with E-state index in [2.05, 4.69) is 5.92 Å². The zero-order valence-corrected chi connectivity index (χ0v) is 6.34. The minimum Gasteiger partial charge on any atom is -0.120 e. The standard InChI is InChI=1S/C10H14/c1-2-9-7-8-3-5-10(9)6-4-8/h1,8-10H,3-7H2. The van der Waals surface area contributed by atoms with Crippen LogP contribution in [0.5, 0.6) is 0 Å². The molecule has 3 saturated carbocycles. The highest BCUT2D eigenvalue weighted by Crippen LogP contribution is 2.44. The molecule has 54 valence electrons. The van der Waals surface area contributed by atoms with Crippen molar-refractivity contribution < 1.29 is 0 Å². The molecule has 3 aliphatic carbocycles. The second-order valence-electron chi connectivity index (χ2n) is 3.79. The third-order valence-electron chi connectivity index (χ3n) is 3.26. The highest BCUT2D eigenvalue weighted by Gasteiger charge is 2.34. The molecule has 0 aromatic heterocycles. The minimum atomic E-state index is 0.646. The molecule has 0 heteroatoms. The Morgan fingerprint density at radius 1 is 1.10 bits per heavy atom. The highest BCUT2D eigenvalue weighted by atomic mass is 14.4. The van der Waals surface area contributed by atoms with E-state index in [9.17, 15) is 0 Å². The lowest BCUT2D eigenvalue weighted by Gasteiger charge is -2.39. The van der Waals surface area contributed by atoms with Gasteiger partial charge in [0, 0.05) is 5.92 Å². The first kappa shape index (κ1) is 6.28. The third kappa shape index (κ3) is 0.850. The van der Waals surface area contributed by atoms with Crippen molar-refractivity contribution in [2.75, 3.05) is 0 Å². The maximum absolute atomic E-state index is 5.44. The van der Waals surface area contributed by atoms with Gasteiger partial charge in [-0.15, -0.1) is 12.3 Å². The number of hydrogen-bond donors (Lipinski definition) is 0. The Morgan fingerprint density at radius 3 is 2.10 bits per heavy atom. The molecule has 2 bridgehead atoms. The summed E-state index contributed by atoms with van der Waals surface area (Å²) in [7, 11) is 0. The lowest BCUT2D eigenvalue weighted by Crippen LogP contribution is -2.30. The van der Waals surface area contributed by atoms with Gasteiger partial charge in [-0.1, -0.05) is 12.8 Å². The summed E-state index contributed by atoms with van der Waals surface area (Å²) in [5.74, 6) is 5.47. The zero-order valence-electron chi connectivity index (χ0n) is 6.34. The molecule has 0 heterocycles. The molecule has 10 heavy (non-hydrogen) atoms. The van der Waals surface area contributed by atoms with E-state index >= 15 is 0 Å². The number of terminal acetylenes is 1. The van der Waals surface area contributed by atoms with Crippen LogP contribution in [0.1, 0.15) is 32.1 Å². The van der Waals surface area contributed by atoms with Crippen LogP contribution in [0.2, 0.25) is 0 Å². The summed E-state index contributed by atoms with van der Waals surface area (Å²) in [6.07, 6.45) is 12.5. The fourth-order valence-corrected chi connectivity index (χ4v) is 2.58. The van der Waals surface area contributed by atoms with Gasteiger partial charge < -0.3 is 0 Å². The monoisotopic (exact) mass is 134 g/mol. The summed E-state index contributed by atoms with van der Waals surface area (Å²) < 4.78 is 0. The molecule has 3 aliphatic rings. The molecule has 0 radical (unpaired) electrons. The van der Waals surface area contributed by atoms with Gasteiger partial charge in [0.25, 0.3) is 0 Å². The van der Waals surface area contributed by atoms with E-state index in [0.717, 1.165) is 11.8 Å². The fourth-order valence-electron chi connectivity index (χ4n) is 2.58. The Labute approximate surface area is 63.0 Å². The first-order valence-electron chi connectivity index (χ1n) is 4.36. The molecule has 1 atom stereocenters. The van der Waals surface area contributed by atoms with E-state index in [1.165, 1.54) is 32.1 Å². The maximum Gasteiger partial charge on any atom is 0.0231 e. The average Bonchev–Trinajstić information content (AvgIpc) is 2.06. The van der Waals surface area contributed by atoms with Crippen molar-refractivity contribution in [1.82, 2.24) is 0 Å². The Bertz CT molecular complexity index is 155. The molecule has 0 saturated heterocycles. The lowest BCUT2D eigenvalue weighted by molar-refractivity contribution is 0.134. The van der Waals surface area contributed by atoms with Crippen LogP contribution in [0.3, 0.4) is 0 Å². The van der Waals surface area contributed by atoms with E-state index in [4.69, 9.17) is 6.42 Å². The largest absolute Gasteiger partial charge is 0.120 e. The zero-order chi connectivity index (χ0) is 6.97. The molecule has 0 nitrogen and oxygen atoms in total. The first-order valence-corrected chi connectivity index (χ1v) is 4.36. The van der Waals surface area contributed by atoms with Gasteiger partial charge in [-0.2, -0.15) is 0 Å². The van der Waals surface area contributed by atoms with Gasteiger partial charge in [0.2, 0.25) is 0 Å². The Balaban J connectivity index is 2.09. The molecule has 3 fully saturated rings. The van der Waals surface area contributed by atoms with Crippen LogP contribution in [0, 0.1) is 30.1 Å². The molecule has 1 unspecified atom stereocenters. The summed E-state index contributed by atoms with van der Waals surface area (Å²) >= 11 is 0. The lowest BCUT2D eigenvalue weighted by atomic mass is 9.65. The molecule has 0 spiro atoms. The summed E-state index contributed by atoms with van der Waals surface area (Å²) in [6.45, 7) is 0. The Kier molecular flexibility index (Phi) is 1.45. The molecule has 0 aliphatic heterocycles.